The van der Waals surface area contributed by atoms with E-state index in [1.807, 2.05) is 6.08 Å². The molecule has 0 unspecified atom stereocenters. The molecule has 1 saturated heterocycles. The van der Waals surface area contributed by atoms with Crippen molar-refractivity contribution in [3.8, 4) is 0 Å². The average molecular weight is 280 g/mol. The zero-order chi connectivity index (χ0) is 13.5. The largest absolute Gasteiger partial charge is 0.377 e. The zero-order valence-corrected chi connectivity index (χ0v) is 10.8. The van der Waals surface area contributed by atoms with E-state index in [1.54, 1.807) is 6.07 Å². The van der Waals surface area contributed by atoms with E-state index in [0.29, 0.717) is 12.1 Å². The molecule has 0 spiro atoms. The molecule has 0 amide bonds. The molecule has 1 fully saturated rings. The van der Waals surface area contributed by atoms with Gasteiger partial charge >= 0.3 is 0 Å². The van der Waals surface area contributed by atoms with Crippen LogP contribution in [0.1, 0.15) is 12.1 Å². The van der Waals surface area contributed by atoms with Gasteiger partial charge in [-0.25, -0.2) is 0 Å². The molecule has 2 heterocycles. The summed E-state index contributed by atoms with van der Waals surface area (Å²) in [6.07, 6.45) is 2.86. The lowest BCUT2D eigenvalue weighted by atomic mass is 10.1. The Hall–Kier alpha value is -1.70. The summed E-state index contributed by atoms with van der Waals surface area (Å²) in [6, 6.07) is 4.33. The SMILES string of the molecule is O=S(=O)(O)c1ccc2c(C=C3CCOC3)[nH]nc2c1. The molecule has 100 valence electrons. The molecular formula is C12H12N2O4S. The van der Waals surface area contributed by atoms with Gasteiger partial charge in [-0.2, -0.15) is 13.5 Å². The summed E-state index contributed by atoms with van der Waals surface area (Å²) in [5, 5.41) is 7.72. The predicted octanol–water partition coefficient (Wildman–Crippen LogP) is 1.61. The van der Waals surface area contributed by atoms with Crippen LogP contribution in [0.25, 0.3) is 17.0 Å². The van der Waals surface area contributed by atoms with Crippen LogP contribution < -0.4 is 0 Å². The highest BCUT2D eigenvalue weighted by molar-refractivity contribution is 7.85. The minimum atomic E-state index is -4.20. The minimum Gasteiger partial charge on any atom is -0.377 e. The van der Waals surface area contributed by atoms with E-state index in [1.165, 1.54) is 17.7 Å². The molecule has 3 rings (SSSR count). The quantitative estimate of drug-likeness (QED) is 0.815. The third-order valence-electron chi connectivity index (χ3n) is 3.06. The number of ether oxygens (including phenoxy) is 1. The van der Waals surface area contributed by atoms with Crippen molar-refractivity contribution in [2.75, 3.05) is 13.2 Å². The number of aromatic amines is 1. The maximum absolute atomic E-state index is 11.1. The number of nitrogens with one attached hydrogen (secondary N) is 1. The van der Waals surface area contributed by atoms with E-state index >= 15 is 0 Å². The van der Waals surface area contributed by atoms with Gasteiger partial charge in [-0.05, 0) is 36.3 Å². The fourth-order valence-corrected chi connectivity index (χ4v) is 2.58. The van der Waals surface area contributed by atoms with Crippen molar-refractivity contribution in [3.05, 3.63) is 29.5 Å². The van der Waals surface area contributed by atoms with Gasteiger partial charge in [0.1, 0.15) is 0 Å². The van der Waals surface area contributed by atoms with Gasteiger partial charge in [-0.15, -0.1) is 0 Å². The van der Waals surface area contributed by atoms with Crippen molar-refractivity contribution >= 4 is 27.1 Å². The fraction of sp³-hybridized carbons (Fsp3) is 0.250. The van der Waals surface area contributed by atoms with Gasteiger partial charge in [-0.3, -0.25) is 9.65 Å². The second-order valence-corrected chi connectivity index (χ2v) is 5.82. The third kappa shape index (κ3) is 2.40. The molecule has 0 radical (unpaired) electrons. The van der Waals surface area contributed by atoms with Crippen molar-refractivity contribution in [3.63, 3.8) is 0 Å². The van der Waals surface area contributed by atoms with E-state index in [4.69, 9.17) is 9.29 Å². The molecule has 0 bridgehead atoms. The number of aromatic nitrogens is 2. The molecule has 1 aromatic heterocycles. The van der Waals surface area contributed by atoms with Crippen LogP contribution in [0.2, 0.25) is 0 Å². The van der Waals surface area contributed by atoms with Crippen LogP contribution in [0.5, 0.6) is 0 Å². The monoisotopic (exact) mass is 280 g/mol. The highest BCUT2D eigenvalue weighted by Gasteiger charge is 2.13. The van der Waals surface area contributed by atoms with E-state index in [9.17, 15) is 8.42 Å². The van der Waals surface area contributed by atoms with Crippen molar-refractivity contribution in [2.24, 2.45) is 0 Å². The Balaban J connectivity index is 2.07. The van der Waals surface area contributed by atoms with Crippen LogP contribution in [0.15, 0.2) is 28.7 Å². The van der Waals surface area contributed by atoms with Gasteiger partial charge in [0.05, 0.1) is 29.3 Å². The van der Waals surface area contributed by atoms with Crippen molar-refractivity contribution in [1.82, 2.24) is 10.2 Å². The van der Waals surface area contributed by atoms with Gasteiger partial charge in [-0.1, -0.05) is 0 Å². The first kappa shape index (κ1) is 12.3. The molecule has 2 aromatic rings. The molecule has 0 aliphatic carbocycles. The van der Waals surface area contributed by atoms with Gasteiger partial charge in [0, 0.05) is 5.39 Å². The van der Waals surface area contributed by atoms with E-state index in [-0.39, 0.29) is 4.90 Å². The second kappa shape index (κ2) is 4.44. The standard InChI is InChI=1S/C12H12N2O4S/c15-19(16,17)9-1-2-10-11(13-14-12(10)6-9)5-8-3-4-18-7-8/h1-2,5-6H,3-4,7H2,(H,13,14)(H,15,16,17). The lowest BCUT2D eigenvalue weighted by Gasteiger charge is -1.97. The van der Waals surface area contributed by atoms with Crippen LogP contribution >= 0.6 is 0 Å². The van der Waals surface area contributed by atoms with Crippen molar-refractivity contribution in [1.29, 1.82) is 0 Å². The Morgan fingerprint density at radius 1 is 1.42 bits per heavy atom. The predicted molar refractivity (Wildman–Crippen MR) is 69.3 cm³/mol. The maximum Gasteiger partial charge on any atom is 0.294 e. The number of nitrogens with zero attached hydrogens (tertiary/aromatic N) is 1. The van der Waals surface area contributed by atoms with Crippen molar-refractivity contribution < 1.29 is 17.7 Å². The smallest absolute Gasteiger partial charge is 0.294 e. The molecule has 0 saturated carbocycles. The third-order valence-corrected chi connectivity index (χ3v) is 3.91. The lowest BCUT2D eigenvalue weighted by molar-refractivity contribution is 0.205. The van der Waals surface area contributed by atoms with Gasteiger partial charge in [0.25, 0.3) is 10.1 Å². The van der Waals surface area contributed by atoms with E-state index < -0.39 is 10.1 Å². The Labute approximate surface area is 109 Å². The first-order valence-corrected chi connectivity index (χ1v) is 7.21. The topological polar surface area (TPSA) is 92.3 Å². The fourth-order valence-electron chi connectivity index (χ4n) is 2.08. The van der Waals surface area contributed by atoms with Gasteiger partial charge in [0.15, 0.2) is 0 Å². The first-order chi connectivity index (χ1) is 9.04. The minimum absolute atomic E-state index is 0.157. The highest BCUT2D eigenvalue weighted by Crippen LogP contribution is 2.23. The van der Waals surface area contributed by atoms with Crippen LogP contribution in [0.4, 0.5) is 0 Å². The molecule has 1 aliphatic heterocycles. The van der Waals surface area contributed by atoms with Gasteiger partial charge in [0.2, 0.25) is 0 Å². The van der Waals surface area contributed by atoms with E-state index in [2.05, 4.69) is 10.2 Å². The number of hydrogen-bond donors (Lipinski definition) is 2. The molecule has 6 nitrogen and oxygen atoms in total. The Bertz CT molecular complexity index is 753. The van der Waals surface area contributed by atoms with Crippen LogP contribution in [0.3, 0.4) is 0 Å². The molecule has 19 heavy (non-hydrogen) atoms. The molecule has 0 atom stereocenters. The molecule has 1 aromatic carbocycles. The second-order valence-electron chi connectivity index (χ2n) is 4.40. The molecule has 1 aliphatic rings. The normalized spacial score (nSPS) is 18.5. The number of rotatable bonds is 2. The summed E-state index contributed by atoms with van der Waals surface area (Å²) in [7, 11) is -4.20. The zero-order valence-electron chi connectivity index (χ0n) is 9.96. The number of fused-ring (bicyclic) bond motifs is 1. The molecule has 2 N–H and O–H groups in total. The number of hydrogen-bond acceptors (Lipinski definition) is 4. The summed E-state index contributed by atoms with van der Waals surface area (Å²) in [5.74, 6) is 0. The van der Waals surface area contributed by atoms with Crippen LogP contribution in [-0.2, 0) is 14.9 Å². The number of benzene rings is 1. The first-order valence-electron chi connectivity index (χ1n) is 5.77. The number of H-pyrrole nitrogens is 1. The Morgan fingerprint density at radius 3 is 2.95 bits per heavy atom. The molecular weight excluding hydrogens is 268 g/mol. The van der Waals surface area contributed by atoms with Crippen LogP contribution in [-0.4, -0.2) is 36.4 Å². The summed E-state index contributed by atoms with van der Waals surface area (Å²) < 4.78 is 36.4. The Morgan fingerprint density at radius 2 is 2.26 bits per heavy atom. The van der Waals surface area contributed by atoms with Crippen molar-refractivity contribution in [2.45, 2.75) is 11.3 Å². The summed E-state index contributed by atoms with van der Waals surface area (Å²) in [4.78, 5) is -0.157. The Kier molecular flexibility index (Phi) is 2.89. The van der Waals surface area contributed by atoms with Crippen LogP contribution in [0, 0.1) is 0 Å². The summed E-state index contributed by atoms with van der Waals surface area (Å²) >= 11 is 0. The lowest BCUT2D eigenvalue weighted by Crippen LogP contribution is -1.97. The average Bonchev–Trinajstić information content (AvgIpc) is 2.98. The van der Waals surface area contributed by atoms with Gasteiger partial charge < -0.3 is 4.74 Å². The summed E-state index contributed by atoms with van der Waals surface area (Å²) in [6.45, 7) is 1.34. The summed E-state index contributed by atoms with van der Waals surface area (Å²) in [5.41, 5.74) is 2.49. The van der Waals surface area contributed by atoms with E-state index in [0.717, 1.165) is 24.1 Å². The highest BCUT2D eigenvalue weighted by atomic mass is 32.2. The molecule has 7 heteroatoms. The maximum atomic E-state index is 11.1.